The van der Waals surface area contributed by atoms with Gasteiger partial charge in [0.2, 0.25) is 5.91 Å². The Kier molecular flexibility index (Phi) is 3.82. The van der Waals surface area contributed by atoms with E-state index in [2.05, 4.69) is 5.10 Å². The van der Waals surface area contributed by atoms with Crippen LogP contribution in [-0.4, -0.2) is 39.9 Å². The third-order valence-electron chi connectivity index (χ3n) is 3.28. The lowest BCUT2D eigenvalue weighted by Crippen LogP contribution is -2.41. The van der Waals surface area contributed by atoms with Gasteiger partial charge in [-0.1, -0.05) is 0 Å². The molecule has 1 atom stereocenters. The number of carbonyl (C=O) groups excluding carboxylic acids is 1. The minimum Gasteiger partial charge on any atom is -0.342 e. The highest BCUT2D eigenvalue weighted by Crippen LogP contribution is 2.28. The highest BCUT2D eigenvalue weighted by molar-refractivity contribution is 5.77. The molecule has 0 radical (unpaired) electrons. The van der Waals surface area contributed by atoms with Crippen LogP contribution in [0.2, 0.25) is 0 Å². The number of nitrogens with zero attached hydrogens (tertiary/aromatic N) is 3. The predicted octanol–water partition coefficient (Wildman–Crippen LogP) is 2.08. The fourth-order valence-corrected chi connectivity index (χ4v) is 2.38. The number of likely N-dealkylation sites (tertiary alicyclic amines) is 1. The number of hydrogen-bond donors (Lipinski definition) is 0. The number of piperidine rings is 1. The molecule has 1 aromatic heterocycles. The molecule has 0 spiro atoms. The Hall–Kier alpha value is -1.53. The van der Waals surface area contributed by atoms with Crippen molar-refractivity contribution in [1.29, 1.82) is 0 Å². The van der Waals surface area contributed by atoms with Gasteiger partial charge in [-0.3, -0.25) is 9.48 Å². The molecule has 1 saturated heterocycles. The molecule has 4 nitrogen and oxygen atoms in total. The summed E-state index contributed by atoms with van der Waals surface area (Å²) in [6.07, 6.45) is -2.44. The molecular weight excluding hydrogens is 259 g/mol. The second-order valence-corrected chi connectivity index (χ2v) is 4.89. The monoisotopic (exact) mass is 275 g/mol. The van der Waals surface area contributed by atoms with E-state index in [4.69, 9.17) is 0 Å². The Morgan fingerprint density at radius 1 is 1.53 bits per heavy atom. The van der Waals surface area contributed by atoms with Crippen LogP contribution in [0.3, 0.4) is 0 Å². The molecular formula is C12H16F3N3O. The van der Waals surface area contributed by atoms with Gasteiger partial charge < -0.3 is 4.90 Å². The summed E-state index contributed by atoms with van der Waals surface area (Å²) in [5.41, 5.74) is 0.840. The molecule has 7 heteroatoms. The van der Waals surface area contributed by atoms with Gasteiger partial charge in [-0.15, -0.1) is 0 Å². The number of rotatable bonds is 2. The van der Waals surface area contributed by atoms with Crippen LogP contribution < -0.4 is 0 Å². The number of alkyl halides is 3. The minimum absolute atomic E-state index is 0.0344. The number of halogens is 3. The Morgan fingerprint density at radius 2 is 2.26 bits per heavy atom. The average Bonchev–Trinajstić information content (AvgIpc) is 2.74. The summed E-state index contributed by atoms with van der Waals surface area (Å²) in [6, 6.07) is 1.85. The van der Waals surface area contributed by atoms with Crippen LogP contribution in [0.5, 0.6) is 0 Å². The van der Waals surface area contributed by atoms with E-state index in [-0.39, 0.29) is 5.92 Å². The van der Waals surface area contributed by atoms with Crippen molar-refractivity contribution in [3.05, 3.63) is 18.0 Å². The first-order valence-corrected chi connectivity index (χ1v) is 6.19. The van der Waals surface area contributed by atoms with Crippen LogP contribution in [0.25, 0.3) is 0 Å². The topological polar surface area (TPSA) is 38.1 Å². The number of amides is 1. The van der Waals surface area contributed by atoms with E-state index in [1.165, 1.54) is 4.90 Å². The van der Waals surface area contributed by atoms with Crippen LogP contribution in [0.1, 0.15) is 30.9 Å². The lowest BCUT2D eigenvalue weighted by molar-refractivity contribution is -0.162. The molecule has 0 aromatic carbocycles. The van der Waals surface area contributed by atoms with E-state index in [9.17, 15) is 18.0 Å². The summed E-state index contributed by atoms with van der Waals surface area (Å²) in [7, 11) is 1.79. The summed E-state index contributed by atoms with van der Waals surface area (Å²) < 4.78 is 38.3. The van der Waals surface area contributed by atoms with E-state index in [0.29, 0.717) is 19.5 Å². The highest BCUT2D eigenvalue weighted by atomic mass is 19.4. The van der Waals surface area contributed by atoms with Crippen LogP contribution >= 0.6 is 0 Å². The first kappa shape index (κ1) is 13.9. The molecule has 2 rings (SSSR count). The average molecular weight is 275 g/mol. The summed E-state index contributed by atoms with van der Waals surface area (Å²) in [4.78, 5) is 12.9. The highest BCUT2D eigenvalue weighted by Gasteiger charge is 2.35. The predicted molar refractivity (Wildman–Crippen MR) is 62.4 cm³/mol. The lowest BCUT2D eigenvalue weighted by atomic mass is 9.95. The molecule has 19 heavy (non-hydrogen) atoms. The lowest BCUT2D eigenvalue weighted by Gasteiger charge is -2.32. The van der Waals surface area contributed by atoms with Gasteiger partial charge in [-0.25, -0.2) is 0 Å². The maximum absolute atomic E-state index is 12.2. The fraction of sp³-hybridized carbons (Fsp3) is 0.667. The largest absolute Gasteiger partial charge is 0.397 e. The molecule has 1 fully saturated rings. The maximum Gasteiger partial charge on any atom is 0.397 e. The zero-order chi connectivity index (χ0) is 14.0. The summed E-state index contributed by atoms with van der Waals surface area (Å²) in [5, 5.41) is 4.26. The molecule has 1 aliphatic heterocycles. The number of aryl methyl sites for hydroxylation is 1. The van der Waals surface area contributed by atoms with E-state index >= 15 is 0 Å². The number of aromatic nitrogens is 2. The molecule has 0 N–H and O–H groups in total. The summed E-state index contributed by atoms with van der Waals surface area (Å²) >= 11 is 0. The SMILES string of the molecule is Cn1ccc([C@H]2CCCN(C(=O)CC(F)(F)F)C2)n1. The van der Waals surface area contributed by atoms with Crippen molar-refractivity contribution < 1.29 is 18.0 Å². The van der Waals surface area contributed by atoms with Crippen molar-refractivity contribution >= 4 is 5.91 Å². The van der Waals surface area contributed by atoms with Crippen molar-refractivity contribution in [3.63, 3.8) is 0 Å². The molecule has 0 bridgehead atoms. The van der Waals surface area contributed by atoms with E-state index in [0.717, 1.165) is 12.1 Å². The van der Waals surface area contributed by atoms with Crippen molar-refractivity contribution in [2.75, 3.05) is 13.1 Å². The first-order chi connectivity index (χ1) is 8.85. The van der Waals surface area contributed by atoms with E-state index in [1.54, 1.807) is 17.9 Å². The summed E-state index contributed by atoms with van der Waals surface area (Å²) in [5.74, 6) is -0.805. The molecule has 106 valence electrons. The van der Waals surface area contributed by atoms with Gasteiger partial charge in [0, 0.05) is 32.3 Å². The van der Waals surface area contributed by atoms with Crippen LogP contribution in [-0.2, 0) is 11.8 Å². The Morgan fingerprint density at radius 3 is 2.84 bits per heavy atom. The zero-order valence-corrected chi connectivity index (χ0v) is 10.7. The normalized spacial score (nSPS) is 20.6. The Bertz CT molecular complexity index is 455. The fourth-order valence-electron chi connectivity index (χ4n) is 2.38. The Balaban J connectivity index is 1.99. The van der Waals surface area contributed by atoms with E-state index in [1.807, 2.05) is 6.07 Å². The third-order valence-corrected chi connectivity index (χ3v) is 3.28. The maximum atomic E-state index is 12.2. The van der Waals surface area contributed by atoms with Gasteiger partial charge in [0.1, 0.15) is 6.42 Å². The minimum atomic E-state index is -4.44. The molecule has 1 amide bonds. The van der Waals surface area contributed by atoms with Crippen molar-refractivity contribution in [2.24, 2.45) is 7.05 Å². The van der Waals surface area contributed by atoms with Crippen LogP contribution in [0.15, 0.2) is 12.3 Å². The third kappa shape index (κ3) is 3.71. The second-order valence-electron chi connectivity index (χ2n) is 4.89. The zero-order valence-electron chi connectivity index (χ0n) is 10.7. The number of hydrogen-bond acceptors (Lipinski definition) is 2. The molecule has 0 aliphatic carbocycles. The van der Waals surface area contributed by atoms with Gasteiger partial charge in [0.05, 0.1) is 5.69 Å². The molecule has 0 unspecified atom stereocenters. The quantitative estimate of drug-likeness (QED) is 0.828. The van der Waals surface area contributed by atoms with Gasteiger partial charge in [0.25, 0.3) is 0 Å². The summed E-state index contributed by atoms with van der Waals surface area (Å²) in [6.45, 7) is 0.726. The van der Waals surface area contributed by atoms with E-state index < -0.39 is 18.5 Å². The van der Waals surface area contributed by atoms with Crippen molar-refractivity contribution in [1.82, 2.24) is 14.7 Å². The standard InChI is InChI=1S/C12H16F3N3O/c1-17-6-4-10(16-17)9-3-2-5-18(8-9)11(19)7-12(13,14)15/h4,6,9H,2-3,5,7-8H2,1H3/t9-/m0/s1. The van der Waals surface area contributed by atoms with Gasteiger partial charge >= 0.3 is 6.18 Å². The number of carbonyl (C=O) groups is 1. The molecule has 1 aliphatic rings. The molecule has 1 aromatic rings. The first-order valence-electron chi connectivity index (χ1n) is 6.19. The molecule has 0 saturated carbocycles. The smallest absolute Gasteiger partial charge is 0.342 e. The van der Waals surface area contributed by atoms with Crippen molar-refractivity contribution in [3.8, 4) is 0 Å². The van der Waals surface area contributed by atoms with Gasteiger partial charge in [-0.2, -0.15) is 18.3 Å². The van der Waals surface area contributed by atoms with Crippen LogP contribution in [0, 0.1) is 0 Å². The Labute approximate surface area is 109 Å². The van der Waals surface area contributed by atoms with Gasteiger partial charge in [-0.05, 0) is 18.9 Å². The van der Waals surface area contributed by atoms with Crippen LogP contribution in [0.4, 0.5) is 13.2 Å². The second kappa shape index (κ2) is 5.22. The molecule has 2 heterocycles. The van der Waals surface area contributed by atoms with Crippen molar-refractivity contribution in [2.45, 2.75) is 31.4 Å². The van der Waals surface area contributed by atoms with Gasteiger partial charge in [0.15, 0.2) is 0 Å².